The fourth-order valence-electron chi connectivity index (χ4n) is 1.99. The Morgan fingerprint density at radius 2 is 2.12 bits per heavy atom. The summed E-state index contributed by atoms with van der Waals surface area (Å²) in [5.74, 6) is -1.49. The number of nitrogens with two attached hydrogens (primary N) is 1. The summed E-state index contributed by atoms with van der Waals surface area (Å²) in [7, 11) is 0. The van der Waals surface area contributed by atoms with Crippen LogP contribution in [-0.2, 0) is 4.79 Å². The molecule has 1 heterocycles. The zero-order valence-corrected chi connectivity index (χ0v) is 9.63. The third-order valence-corrected chi connectivity index (χ3v) is 2.88. The second-order valence-electron chi connectivity index (χ2n) is 4.24. The topological polar surface area (TPSA) is 116 Å². The van der Waals surface area contributed by atoms with Gasteiger partial charge in [0.25, 0.3) is 0 Å². The molecule has 7 heteroatoms. The highest BCUT2D eigenvalue weighted by Crippen LogP contribution is 2.17. The highest BCUT2D eigenvalue weighted by atomic mass is 16.4. The summed E-state index contributed by atoms with van der Waals surface area (Å²) in [5, 5.41) is 20.8. The molecule has 5 N–H and O–H groups in total. The van der Waals surface area contributed by atoms with Gasteiger partial charge in [0.1, 0.15) is 0 Å². The van der Waals surface area contributed by atoms with Crippen LogP contribution in [0.5, 0.6) is 0 Å². The Labute approximate surface area is 99.6 Å². The number of urea groups is 1. The highest BCUT2D eigenvalue weighted by Gasteiger charge is 2.32. The smallest absolute Gasteiger partial charge is 0.314 e. The first-order valence-electron chi connectivity index (χ1n) is 5.66. The molecule has 0 aromatic heterocycles. The number of carbonyl (C=O) groups is 2. The minimum atomic E-state index is -0.912. The van der Waals surface area contributed by atoms with Gasteiger partial charge >= 0.3 is 12.0 Å². The van der Waals surface area contributed by atoms with Gasteiger partial charge in [0, 0.05) is 25.7 Å². The molecule has 98 valence electrons. The largest absolute Gasteiger partial charge is 0.481 e. The lowest BCUT2D eigenvalue weighted by Gasteiger charge is -2.35. The molecule has 0 spiro atoms. The molecular weight excluding hydrogens is 226 g/mol. The Hall–Kier alpha value is -1.34. The van der Waals surface area contributed by atoms with Crippen molar-refractivity contribution in [2.75, 3.05) is 26.2 Å². The number of primary amides is 1. The van der Waals surface area contributed by atoms with Crippen LogP contribution in [0, 0.1) is 5.92 Å². The Morgan fingerprint density at radius 3 is 2.65 bits per heavy atom. The van der Waals surface area contributed by atoms with Crippen molar-refractivity contribution in [3.63, 3.8) is 0 Å². The number of aliphatic hydroxyl groups is 1. The van der Waals surface area contributed by atoms with Crippen LogP contribution in [0.4, 0.5) is 4.79 Å². The molecule has 2 amide bonds. The molecule has 1 fully saturated rings. The molecule has 0 radical (unpaired) electrons. The normalized spacial score (nSPS) is 24.6. The summed E-state index contributed by atoms with van der Waals surface area (Å²) in [6.07, 6.45) is 1.08. The molecule has 1 aliphatic rings. The maximum atomic E-state index is 11.1. The van der Waals surface area contributed by atoms with Crippen molar-refractivity contribution in [3.8, 4) is 0 Å². The van der Waals surface area contributed by atoms with E-state index < -0.39 is 17.9 Å². The number of carboxylic acid groups (broad SMARTS) is 1. The number of carboxylic acids is 1. The van der Waals surface area contributed by atoms with Crippen molar-refractivity contribution in [1.29, 1.82) is 0 Å². The summed E-state index contributed by atoms with van der Waals surface area (Å²) in [5.41, 5.74) is 5.17. The van der Waals surface area contributed by atoms with Crippen LogP contribution < -0.4 is 11.1 Å². The maximum Gasteiger partial charge on any atom is 0.314 e. The van der Waals surface area contributed by atoms with Gasteiger partial charge in [-0.2, -0.15) is 0 Å². The average molecular weight is 245 g/mol. The predicted octanol–water partition coefficient (Wildman–Crippen LogP) is -1.19. The number of likely N-dealkylation sites (tertiary alicyclic amines) is 1. The third kappa shape index (κ3) is 4.20. The second-order valence-corrected chi connectivity index (χ2v) is 4.24. The zero-order chi connectivity index (χ0) is 12.8. The van der Waals surface area contributed by atoms with E-state index in [4.69, 9.17) is 15.9 Å². The van der Waals surface area contributed by atoms with E-state index in [1.54, 1.807) is 0 Å². The number of hydrogen-bond donors (Lipinski definition) is 4. The van der Waals surface area contributed by atoms with E-state index in [0.717, 1.165) is 0 Å². The van der Waals surface area contributed by atoms with Gasteiger partial charge in [0.05, 0.1) is 5.92 Å². The number of rotatable bonds is 5. The van der Waals surface area contributed by atoms with Crippen molar-refractivity contribution in [1.82, 2.24) is 10.2 Å². The van der Waals surface area contributed by atoms with Crippen LogP contribution in [0.3, 0.4) is 0 Å². The van der Waals surface area contributed by atoms with E-state index in [1.807, 2.05) is 0 Å². The van der Waals surface area contributed by atoms with Gasteiger partial charge in [-0.05, 0) is 19.4 Å². The number of piperidine rings is 1. The summed E-state index contributed by atoms with van der Waals surface area (Å²) in [6, 6.07) is -0.672. The minimum absolute atomic E-state index is 0.0797. The Kier molecular flexibility index (Phi) is 5.17. The van der Waals surface area contributed by atoms with Crippen LogP contribution in [0.25, 0.3) is 0 Å². The van der Waals surface area contributed by atoms with Gasteiger partial charge in [0.2, 0.25) is 0 Å². The van der Waals surface area contributed by atoms with Crippen LogP contribution in [0.1, 0.15) is 12.8 Å². The maximum absolute atomic E-state index is 11.1. The fourth-order valence-corrected chi connectivity index (χ4v) is 1.99. The number of carbonyl (C=O) groups excluding carboxylic acids is 1. The van der Waals surface area contributed by atoms with Crippen LogP contribution >= 0.6 is 0 Å². The molecule has 0 aromatic rings. The lowest BCUT2D eigenvalue weighted by Crippen LogP contribution is -2.54. The first-order chi connectivity index (χ1) is 8.04. The number of amides is 2. The molecule has 1 rings (SSSR count). The number of aliphatic hydroxyl groups excluding tert-OH is 1. The number of nitrogens with zero attached hydrogens (tertiary/aromatic N) is 1. The zero-order valence-electron chi connectivity index (χ0n) is 9.63. The van der Waals surface area contributed by atoms with Gasteiger partial charge < -0.3 is 26.2 Å². The predicted molar refractivity (Wildman–Crippen MR) is 60.4 cm³/mol. The summed E-state index contributed by atoms with van der Waals surface area (Å²) in [4.78, 5) is 23.4. The number of nitrogens with one attached hydrogen (secondary N) is 1. The monoisotopic (exact) mass is 245 g/mol. The summed E-state index contributed by atoms with van der Waals surface area (Å²) >= 11 is 0. The first-order valence-corrected chi connectivity index (χ1v) is 5.66. The van der Waals surface area contributed by atoms with Crippen molar-refractivity contribution in [2.45, 2.75) is 18.9 Å². The van der Waals surface area contributed by atoms with E-state index in [2.05, 4.69) is 5.32 Å². The molecule has 17 heavy (non-hydrogen) atoms. The summed E-state index contributed by atoms with van der Waals surface area (Å²) in [6.45, 7) is 1.27. The lowest BCUT2D eigenvalue weighted by molar-refractivity contribution is -0.143. The van der Waals surface area contributed by atoms with Crippen molar-refractivity contribution >= 4 is 12.0 Å². The summed E-state index contributed by atoms with van der Waals surface area (Å²) < 4.78 is 0. The Balaban J connectivity index is 2.52. The lowest BCUT2D eigenvalue weighted by atomic mass is 9.94. The van der Waals surface area contributed by atoms with E-state index in [9.17, 15) is 9.59 Å². The minimum Gasteiger partial charge on any atom is -0.481 e. The van der Waals surface area contributed by atoms with E-state index in [-0.39, 0.29) is 19.2 Å². The third-order valence-electron chi connectivity index (χ3n) is 2.88. The molecule has 2 atom stereocenters. The second kappa shape index (κ2) is 6.41. The Morgan fingerprint density at radius 1 is 1.41 bits per heavy atom. The van der Waals surface area contributed by atoms with E-state index >= 15 is 0 Å². The molecule has 0 aliphatic carbocycles. The Bertz CT molecular complexity index is 263. The molecule has 1 aliphatic heterocycles. The van der Waals surface area contributed by atoms with Gasteiger partial charge in [-0.1, -0.05) is 0 Å². The first kappa shape index (κ1) is 13.7. The van der Waals surface area contributed by atoms with Crippen LogP contribution in [-0.4, -0.2) is 59.4 Å². The molecular formula is C10H19N3O4. The van der Waals surface area contributed by atoms with Gasteiger partial charge in [-0.3, -0.25) is 4.79 Å². The van der Waals surface area contributed by atoms with Crippen LogP contribution in [0.2, 0.25) is 0 Å². The van der Waals surface area contributed by atoms with Crippen LogP contribution in [0.15, 0.2) is 0 Å². The van der Waals surface area contributed by atoms with Gasteiger partial charge in [-0.25, -0.2) is 4.79 Å². The van der Waals surface area contributed by atoms with E-state index in [1.165, 1.54) is 4.90 Å². The fraction of sp³-hybridized carbons (Fsp3) is 0.800. The number of aliphatic carboxylic acids is 1. The number of hydrogen-bond acceptors (Lipinski definition) is 4. The molecule has 0 bridgehead atoms. The van der Waals surface area contributed by atoms with Gasteiger partial charge in [-0.15, -0.1) is 0 Å². The van der Waals surface area contributed by atoms with Crippen molar-refractivity contribution in [3.05, 3.63) is 0 Å². The molecule has 0 saturated carbocycles. The standard InChI is InChI=1S/C10H19N3O4/c11-10(17)13-5-7(9(15)16)4-8(6-13)12-2-1-3-14/h7-8,12,14H,1-6H2,(H2,11,17)(H,15,16). The van der Waals surface area contributed by atoms with Crippen molar-refractivity contribution < 1.29 is 19.8 Å². The molecule has 7 nitrogen and oxygen atoms in total. The molecule has 1 saturated heterocycles. The average Bonchev–Trinajstić information content (AvgIpc) is 2.29. The van der Waals surface area contributed by atoms with E-state index in [0.29, 0.717) is 25.9 Å². The quantitative estimate of drug-likeness (QED) is 0.455. The van der Waals surface area contributed by atoms with Gasteiger partial charge in [0.15, 0.2) is 0 Å². The molecule has 2 unspecified atom stereocenters. The SMILES string of the molecule is NC(=O)N1CC(NCCCO)CC(C(=O)O)C1. The van der Waals surface area contributed by atoms with Crippen molar-refractivity contribution in [2.24, 2.45) is 11.7 Å². The molecule has 0 aromatic carbocycles. The highest BCUT2D eigenvalue weighted by molar-refractivity contribution is 5.75.